The van der Waals surface area contributed by atoms with Crippen LogP contribution in [-0.4, -0.2) is 77.4 Å². The number of hydrogen-bond acceptors (Lipinski definition) is 13. The molecule has 4 rings (SSSR count). The fourth-order valence-electron chi connectivity index (χ4n) is 4.11. The molecule has 190 valence electrons. The lowest BCUT2D eigenvalue weighted by atomic mass is 9.95. The van der Waals surface area contributed by atoms with Crippen molar-refractivity contribution in [1.29, 1.82) is 0 Å². The molecule has 0 amide bonds. The first-order valence-electron chi connectivity index (χ1n) is 11.9. The second-order valence-electron chi connectivity index (χ2n) is 8.65. The summed E-state index contributed by atoms with van der Waals surface area (Å²) < 4.78 is 47.9. The summed E-state index contributed by atoms with van der Waals surface area (Å²) in [4.78, 5) is 47.4. The van der Waals surface area contributed by atoms with Crippen LogP contribution in [0, 0.1) is 5.92 Å². The Morgan fingerprint density at radius 3 is 1.97 bits per heavy atom. The van der Waals surface area contributed by atoms with E-state index in [1.54, 1.807) is 0 Å². The molecule has 1 aliphatic carbocycles. The third-order valence-corrected chi connectivity index (χ3v) is 5.94. The van der Waals surface area contributed by atoms with Crippen LogP contribution in [0.4, 0.5) is 0 Å². The highest BCUT2D eigenvalue weighted by Gasteiger charge is 2.48. The van der Waals surface area contributed by atoms with E-state index in [-0.39, 0.29) is 25.4 Å². The summed E-state index contributed by atoms with van der Waals surface area (Å²) in [5.41, 5.74) is 0. The molecule has 0 bridgehead atoms. The summed E-state index contributed by atoms with van der Waals surface area (Å²) >= 11 is 0. The minimum atomic E-state index is -1.63. The van der Waals surface area contributed by atoms with Gasteiger partial charge in [-0.05, 0) is 19.3 Å². The van der Waals surface area contributed by atoms with Crippen molar-refractivity contribution in [2.75, 3.05) is 13.2 Å². The van der Waals surface area contributed by atoms with Crippen LogP contribution < -0.4 is 0 Å². The molecular weight excluding hydrogens is 469 g/mol. The van der Waals surface area contributed by atoms with Crippen LogP contribution in [-0.2, 0) is 61.1 Å². The number of fused-ring (bicyclic) bond motifs is 1. The summed E-state index contributed by atoms with van der Waals surface area (Å²) in [6.07, 6.45) is 3.99. The van der Waals surface area contributed by atoms with Gasteiger partial charge in [0.05, 0.1) is 31.5 Å². The number of unbranched alkanes of at least 4 members (excludes halogenated alkanes) is 1. The second kappa shape index (κ2) is 12.2. The summed E-state index contributed by atoms with van der Waals surface area (Å²) in [6, 6.07) is 0. The number of hydrogen-bond donors (Lipinski definition) is 0. The molecule has 16 heteroatoms. The van der Waals surface area contributed by atoms with Crippen LogP contribution in [0.3, 0.4) is 0 Å². The number of rotatable bonds is 11. The topological polar surface area (TPSA) is 151 Å². The van der Waals surface area contributed by atoms with E-state index >= 15 is 0 Å². The van der Waals surface area contributed by atoms with Gasteiger partial charge in [-0.3, -0.25) is 19.2 Å². The average molecular weight is 496 g/mol. The molecule has 3 aliphatic heterocycles. The molecule has 0 aromatic heterocycles. The Kier molecular flexibility index (Phi) is 9.06. The maximum atomic E-state index is 12.3. The van der Waals surface area contributed by atoms with Crippen molar-refractivity contribution in [2.45, 2.75) is 76.6 Å². The Balaban J connectivity index is 1.32. The van der Waals surface area contributed by atoms with E-state index in [0.717, 1.165) is 32.1 Å². The zero-order valence-corrected chi connectivity index (χ0v) is 19.4. The molecule has 3 unspecified atom stereocenters. The average Bonchev–Trinajstić information content (AvgIpc) is 3.23. The van der Waals surface area contributed by atoms with Crippen LogP contribution in [0.25, 0.3) is 0 Å². The molecule has 3 heterocycles. The third-order valence-electron chi connectivity index (χ3n) is 5.94. The van der Waals surface area contributed by atoms with Crippen LogP contribution in [0.2, 0.25) is 0 Å². The highest BCUT2D eigenvalue weighted by molar-refractivity contribution is 6.45. The zero-order chi connectivity index (χ0) is 24.8. The van der Waals surface area contributed by atoms with Crippen molar-refractivity contribution >= 4 is 45.8 Å². The van der Waals surface area contributed by atoms with Gasteiger partial charge in [-0.1, -0.05) is 32.6 Å². The monoisotopic (exact) mass is 496 g/mol. The normalized spacial score (nSPS) is 26.1. The van der Waals surface area contributed by atoms with Gasteiger partial charge in [0.1, 0.15) is 6.42 Å². The minimum absolute atomic E-state index is 0.0502. The zero-order valence-electron chi connectivity index (χ0n) is 19.4. The largest absolute Gasteiger partial charge is 0.792 e. The first-order valence-corrected chi connectivity index (χ1v) is 11.9. The van der Waals surface area contributed by atoms with Crippen molar-refractivity contribution in [1.82, 2.24) is 0 Å². The van der Waals surface area contributed by atoms with E-state index in [1.807, 2.05) is 6.92 Å². The maximum Gasteiger partial charge on any atom is 0.792 e. The molecule has 35 heavy (non-hydrogen) atoms. The Bertz CT molecular complexity index is 750. The molecule has 3 atom stereocenters. The highest BCUT2D eigenvalue weighted by Crippen LogP contribution is 2.30. The molecule has 0 aromatic carbocycles. The fourth-order valence-corrected chi connectivity index (χ4v) is 4.11. The predicted octanol–water partition coefficient (Wildman–Crippen LogP) is 0.114. The van der Waals surface area contributed by atoms with Crippen molar-refractivity contribution in [3.8, 4) is 0 Å². The summed E-state index contributed by atoms with van der Waals surface area (Å²) in [7, 11) is -4.14. The van der Waals surface area contributed by atoms with Crippen LogP contribution in [0.15, 0.2) is 0 Å². The molecule has 0 aromatic rings. The van der Waals surface area contributed by atoms with Gasteiger partial charge in [-0.25, -0.2) is 0 Å². The van der Waals surface area contributed by atoms with E-state index in [1.165, 1.54) is 0 Å². The highest BCUT2D eigenvalue weighted by atomic mass is 16.8. The minimum Gasteiger partial charge on any atom is -0.473 e. The lowest BCUT2D eigenvalue weighted by Gasteiger charge is -2.27. The number of carbonyl (C=O) groups excluding carboxylic acids is 4. The van der Waals surface area contributed by atoms with E-state index in [4.69, 9.17) is 41.9 Å². The quantitative estimate of drug-likeness (QED) is 0.282. The van der Waals surface area contributed by atoms with Gasteiger partial charge in [0.15, 0.2) is 5.92 Å². The van der Waals surface area contributed by atoms with Crippen LogP contribution >= 0.6 is 0 Å². The third kappa shape index (κ3) is 7.20. The molecule has 0 N–H and O–H groups in total. The van der Waals surface area contributed by atoms with Gasteiger partial charge < -0.3 is 41.9 Å². The van der Waals surface area contributed by atoms with Crippen LogP contribution in [0.1, 0.15) is 58.3 Å². The van der Waals surface area contributed by atoms with Gasteiger partial charge in [0.2, 0.25) is 0 Å². The van der Waals surface area contributed by atoms with Crippen molar-refractivity contribution in [2.24, 2.45) is 5.92 Å². The molecule has 0 spiro atoms. The predicted molar refractivity (Wildman–Crippen MR) is 114 cm³/mol. The standard InChI is InChI=1S/C19H27B3O13/c1-2-3-6-13-18(25)34-22(35-19(13)26)29-12(11-28-21-32-16(23)9-17(24)33-21)10-27-20-30-14-7-4-5-8-15(14)31-20/h12-15H,2-11H2,1H3. The van der Waals surface area contributed by atoms with Gasteiger partial charge in [0.25, 0.3) is 0 Å². The van der Waals surface area contributed by atoms with Gasteiger partial charge in [-0.2, -0.15) is 0 Å². The van der Waals surface area contributed by atoms with Crippen molar-refractivity contribution in [3.63, 3.8) is 0 Å². The molecule has 1 saturated carbocycles. The Hall–Kier alpha value is -2.13. The van der Waals surface area contributed by atoms with E-state index in [0.29, 0.717) is 12.8 Å². The Morgan fingerprint density at radius 1 is 0.829 bits per heavy atom. The maximum absolute atomic E-state index is 12.3. The molecule has 13 nitrogen and oxygen atoms in total. The van der Waals surface area contributed by atoms with Crippen molar-refractivity contribution < 1.29 is 61.1 Å². The summed E-state index contributed by atoms with van der Waals surface area (Å²) in [5.74, 6) is -4.11. The summed E-state index contributed by atoms with van der Waals surface area (Å²) in [6.45, 7) is 1.41. The van der Waals surface area contributed by atoms with Gasteiger partial charge in [0, 0.05) is 0 Å². The first kappa shape index (κ1) is 26.0. The lowest BCUT2D eigenvalue weighted by Crippen LogP contribution is -2.49. The van der Waals surface area contributed by atoms with Gasteiger partial charge in [-0.15, -0.1) is 0 Å². The fraction of sp³-hybridized carbons (Fsp3) is 0.789. The molecule has 0 radical (unpaired) electrons. The summed E-state index contributed by atoms with van der Waals surface area (Å²) in [5, 5.41) is 0. The second-order valence-corrected chi connectivity index (χ2v) is 8.65. The molecule has 4 aliphatic rings. The molecule has 3 saturated heterocycles. The Morgan fingerprint density at radius 2 is 1.40 bits per heavy atom. The molecular formula is C19H27B3O13. The SMILES string of the molecule is CCCCC1C(=O)OB(OC(COB2OC(=O)CC(=O)O2)COB2OC3CCCCC3O2)OC1=O. The molecule has 4 fully saturated rings. The van der Waals surface area contributed by atoms with E-state index in [9.17, 15) is 19.2 Å². The number of carbonyl (C=O) groups is 4. The van der Waals surface area contributed by atoms with E-state index in [2.05, 4.69) is 0 Å². The lowest BCUT2D eigenvalue weighted by molar-refractivity contribution is -0.166. The van der Waals surface area contributed by atoms with E-state index < -0.39 is 64.3 Å². The Labute approximate surface area is 203 Å². The van der Waals surface area contributed by atoms with Crippen LogP contribution in [0.5, 0.6) is 0 Å². The van der Waals surface area contributed by atoms with Crippen molar-refractivity contribution in [3.05, 3.63) is 0 Å². The smallest absolute Gasteiger partial charge is 0.473 e. The van der Waals surface area contributed by atoms with Gasteiger partial charge >= 0.3 is 45.8 Å². The first-order chi connectivity index (χ1) is 16.9.